The van der Waals surface area contributed by atoms with E-state index in [4.69, 9.17) is 10.5 Å². The second-order valence-electron chi connectivity index (χ2n) is 4.96. The first kappa shape index (κ1) is 14.2. The van der Waals surface area contributed by atoms with Crippen LogP contribution in [0.1, 0.15) is 36.5 Å². The fraction of sp³-hybridized carbons (Fsp3) is 0.600. The molecule has 0 aliphatic rings. The van der Waals surface area contributed by atoms with Gasteiger partial charge in [-0.05, 0) is 56.7 Å². The van der Waals surface area contributed by atoms with Gasteiger partial charge in [0.2, 0.25) is 0 Å². The monoisotopic (exact) mass is 235 g/mol. The topological polar surface area (TPSA) is 35.2 Å². The van der Waals surface area contributed by atoms with E-state index in [2.05, 4.69) is 39.0 Å². The highest BCUT2D eigenvalue weighted by Crippen LogP contribution is 2.16. The zero-order chi connectivity index (χ0) is 12.8. The van der Waals surface area contributed by atoms with E-state index in [0.29, 0.717) is 6.10 Å². The SMILES string of the molecule is COC(C)CCC(N)Cc1c(C)cccc1C. The number of methoxy groups -OCH3 is 1. The van der Waals surface area contributed by atoms with Crippen molar-refractivity contribution in [2.45, 2.75) is 52.2 Å². The minimum atomic E-state index is 0.229. The molecule has 0 aliphatic carbocycles. The highest BCUT2D eigenvalue weighted by molar-refractivity contribution is 5.34. The van der Waals surface area contributed by atoms with Crippen molar-refractivity contribution in [2.24, 2.45) is 5.73 Å². The molecule has 2 heteroatoms. The Hall–Kier alpha value is -0.860. The second-order valence-corrected chi connectivity index (χ2v) is 4.96. The third-order valence-electron chi connectivity index (χ3n) is 3.46. The molecule has 2 nitrogen and oxygen atoms in total. The van der Waals surface area contributed by atoms with Gasteiger partial charge >= 0.3 is 0 Å². The van der Waals surface area contributed by atoms with E-state index >= 15 is 0 Å². The molecule has 0 aromatic heterocycles. The number of aryl methyl sites for hydroxylation is 2. The normalized spacial score (nSPS) is 14.6. The molecule has 0 amide bonds. The van der Waals surface area contributed by atoms with Crippen LogP contribution in [-0.4, -0.2) is 19.3 Å². The second kappa shape index (κ2) is 6.77. The largest absolute Gasteiger partial charge is 0.382 e. The molecular formula is C15H25NO. The quantitative estimate of drug-likeness (QED) is 0.822. The van der Waals surface area contributed by atoms with Gasteiger partial charge in [0.05, 0.1) is 6.10 Å². The van der Waals surface area contributed by atoms with Gasteiger partial charge in [-0.3, -0.25) is 0 Å². The zero-order valence-corrected chi connectivity index (χ0v) is 11.5. The van der Waals surface area contributed by atoms with Crippen LogP contribution in [-0.2, 0) is 11.2 Å². The molecular weight excluding hydrogens is 210 g/mol. The molecule has 17 heavy (non-hydrogen) atoms. The lowest BCUT2D eigenvalue weighted by Crippen LogP contribution is -2.25. The van der Waals surface area contributed by atoms with Gasteiger partial charge in [0.1, 0.15) is 0 Å². The summed E-state index contributed by atoms with van der Waals surface area (Å²) in [6.45, 7) is 6.41. The molecule has 96 valence electrons. The van der Waals surface area contributed by atoms with E-state index < -0.39 is 0 Å². The Bertz CT molecular complexity index is 329. The molecule has 0 bridgehead atoms. The van der Waals surface area contributed by atoms with Crippen LogP contribution >= 0.6 is 0 Å². The number of hydrogen-bond acceptors (Lipinski definition) is 2. The Morgan fingerprint density at radius 2 is 1.76 bits per heavy atom. The van der Waals surface area contributed by atoms with Gasteiger partial charge in [-0.1, -0.05) is 18.2 Å². The molecule has 1 aromatic rings. The predicted octanol–water partition coefficient (Wildman–Crippen LogP) is 2.99. The van der Waals surface area contributed by atoms with Crippen molar-refractivity contribution < 1.29 is 4.74 Å². The van der Waals surface area contributed by atoms with Crippen molar-refractivity contribution in [3.05, 3.63) is 34.9 Å². The Kier molecular flexibility index (Phi) is 5.66. The van der Waals surface area contributed by atoms with E-state index in [9.17, 15) is 0 Å². The number of nitrogens with two attached hydrogens (primary N) is 1. The number of hydrogen-bond donors (Lipinski definition) is 1. The zero-order valence-electron chi connectivity index (χ0n) is 11.5. The van der Waals surface area contributed by atoms with Gasteiger partial charge in [0, 0.05) is 13.2 Å². The molecule has 2 atom stereocenters. The number of rotatable bonds is 6. The van der Waals surface area contributed by atoms with Gasteiger partial charge in [-0.2, -0.15) is 0 Å². The summed E-state index contributed by atoms with van der Waals surface area (Å²) in [7, 11) is 1.75. The lowest BCUT2D eigenvalue weighted by Gasteiger charge is -2.17. The van der Waals surface area contributed by atoms with Crippen molar-refractivity contribution in [3.63, 3.8) is 0 Å². The summed E-state index contributed by atoms with van der Waals surface area (Å²) in [5.41, 5.74) is 10.3. The molecule has 0 aliphatic heterocycles. The van der Waals surface area contributed by atoms with E-state index in [-0.39, 0.29) is 6.04 Å². The molecule has 2 N–H and O–H groups in total. The first-order valence-corrected chi connectivity index (χ1v) is 6.38. The molecule has 0 saturated heterocycles. The van der Waals surface area contributed by atoms with Crippen LogP contribution in [0.3, 0.4) is 0 Å². The lowest BCUT2D eigenvalue weighted by molar-refractivity contribution is 0.107. The van der Waals surface area contributed by atoms with Crippen molar-refractivity contribution in [2.75, 3.05) is 7.11 Å². The van der Waals surface area contributed by atoms with E-state index in [1.165, 1.54) is 16.7 Å². The molecule has 0 spiro atoms. The van der Waals surface area contributed by atoms with Crippen LogP contribution in [0.15, 0.2) is 18.2 Å². The van der Waals surface area contributed by atoms with Crippen molar-refractivity contribution in [1.82, 2.24) is 0 Å². The van der Waals surface area contributed by atoms with Gasteiger partial charge < -0.3 is 10.5 Å². The number of ether oxygens (including phenoxy) is 1. The summed E-state index contributed by atoms with van der Waals surface area (Å²) in [5.74, 6) is 0. The Balaban J connectivity index is 2.53. The molecule has 1 aromatic carbocycles. The maximum Gasteiger partial charge on any atom is 0.0543 e. The third kappa shape index (κ3) is 4.49. The van der Waals surface area contributed by atoms with E-state index in [0.717, 1.165) is 19.3 Å². The van der Waals surface area contributed by atoms with E-state index in [1.807, 2.05) is 0 Å². The molecule has 0 radical (unpaired) electrons. The first-order chi connectivity index (χ1) is 8.04. The smallest absolute Gasteiger partial charge is 0.0543 e. The minimum absolute atomic E-state index is 0.229. The minimum Gasteiger partial charge on any atom is -0.382 e. The van der Waals surface area contributed by atoms with Crippen molar-refractivity contribution in [3.8, 4) is 0 Å². The maximum atomic E-state index is 6.19. The molecule has 2 unspecified atom stereocenters. The summed E-state index contributed by atoms with van der Waals surface area (Å²) >= 11 is 0. The summed E-state index contributed by atoms with van der Waals surface area (Å²) < 4.78 is 5.24. The van der Waals surface area contributed by atoms with Crippen molar-refractivity contribution in [1.29, 1.82) is 0 Å². The summed E-state index contributed by atoms with van der Waals surface area (Å²) in [4.78, 5) is 0. The average molecular weight is 235 g/mol. The van der Waals surface area contributed by atoms with Gasteiger partial charge in [-0.25, -0.2) is 0 Å². The van der Waals surface area contributed by atoms with Crippen molar-refractivity contribution >= 4 is 0 Å². The Morgan fingerprint density at radius 1 is 1.18 bits per heavy atom. The fourth-order valence-electron chi connectivity index (χ4n) is 2.10. The van der Waals surface area contributed by atoms with Crippen LogP contribution < -0.4 is 5.73 Å². The predicted molar refractivity (Wildman–Crippen MR) is 73.3 cm³/mol. The average Bonchev–Trinajstić information content (AvgIpc) is 2.31. The van der Waals surface area contributed by atoms with Crippen LogP contribution in [0.5, 0.6) is 0 Å². The summed E-state index contributed by atoms with van der Waals surface area (Å²) in [6, 6.07) is 6.65. The van der Waals surface area contributed by atoms with E-state index in [1.54, 1.807) is 7.11 Å². The standard InChI is InChI=1S/C15H25NO/c1-11-6-5-7-12(2)15(11)10-14(16)9-8-13(3)17-4/h5-7,13-14H,8-10,16H2,1-4H3. The van der Waals surface area contributed by atoms with Gasteiger partial charge in [0.15, 0.2) is 0 Å². The van der Waals surface area contributed by atoms with Crippen LogP contribution in [0.25, 0.3) is 0 Å². The maximum absolute atomic E-state index is 6.19. The van der Waals surface area contributed by atoms with Crippen LogP contribution in [0.2, 0.25) is 0 Å². The third-order valence-corrected chi connectivity index (χ3v) is 3.46. The highest BCUT2D eigenvalue weighted by atomic mass is 16.5. The molecule has 0 saturated carbocycles. The van der Waals surface area contributed by atoms with Gasteiger partial charge in [-0.15, -0.1) is 0 Å². The Morgan fingerprint density at radius 3 is 2.29 bits per heavy atom. The van der Waals surface area contributed by atoms with Gasteiger partial charge in [0.25, 0.3) is 0 Å². The van der Waals surface area contributed by atoms with Crippen LogP contribution in [0.4, 0.5) is 0 Å². The van der Waals surface area contributed by atoms with Crippen LogP contribution in [0, 0.1) is 13.8 Å². The lowest BCUT2D eigenvalue weighted by atomic mass is 9.94. The summed E-state index contributed by atoms with van der Waals surface area (Å²) in [5, 5.41) is 0. The summed E-state index contributed by atoms with van der Waals surface area (Å²) in [6.07, 6.45) is 3.32. The highest BCUT2D eigenvalue weighted by Gasteiger charge is 2.10. The molecule has 0 fully saturated rings. The first-order valence-electron chi connectivity index (χ1n) is 6.38. The molecule has 0 heterocycles. The Labute approximate surface area is 105 Å². The fourth-order valence-corrected chi connectivity index (χ4v) is 2.10. The number of benzene rings is 1. The molecule has 1 rings (SSSR count).